The molecule has 0 heterocycles. The van der Waals surface area contributed by atoms with Gasteiger partial charge < -0.3 is 4.74 Å². The molecule has 0 N–H and O–H groups in total. The number of nitriles is 1. The Morgan fingerprint density at radius 2 is 2.06 bits per heavy atom. The molecule has 0 aliphatic carbocycles. The Balaban J connectivity index is 3.19. The molecule has 0 radical (unpaired) electrons. The van der Waals surface area contributed by atoms with E-state index in [-0.39, 0.29) is 0 Å². The summed E-state index contributed by atoms with van der Waals surface area (Å²) in [5, 5.41) is 18.8. The van der Waals surface area contributed by atoms with Crippen LogP contribution in [0, 0.1) is 21.4 Å². The SMILES string of the molecule is N#Cc1ccc([N+](=O)[O-])cc1OC(F)(F)F. The fraction of sp³-hybridized carbons (Fsp3) is 0.125. The minimum Gasteiger partial charge on any atom is -0.404 e. The van der Waals surface area contributed by atoms with Crippen LogP contribution in [0.3, 0.4) is 0 Å². The lowest BCUT2D eigenvalue weighted by atomic mass is 10.2. The van der Waals surface area contributed by atoms with Crippen molar-refractivity contribution in [2.24, 2.45) is 0 Å². The lowest BCUT2D eigenvalue weighted by molar-refractivity contribution is -0.385. The van der Waals surface area contributed by atoms with E-state index in [1.807, 2.05) is 0 Å². The number of hydrogen-bond acceptors (Lipinski definition) is 4. The molecule has 8 heteroatoms. The number of nitrogens with zero attached hydrogens (tertiary/aromatic N) is 2. The van der Waals surface area contributed by atoms with E-state index in [1.165, 1.54) is 6.07 Å². The van der Waals surface area contributed by atoms with Crippen LogP contribution in [0.2, 0.25) is 0 Å². The van der Waals surface area contributed by atoms with E-state index < -0.39 is 28.3 Å². The zero-order valence-electron chi connectivity index (χ0n) is 7.49. The van der Waals surface area contributed by atoms with Crippen LogP contribution in [0.5, 0.6) is 5.75 Å². The third-order valence-electron chi connectivity index (χ3n) is 1.52. The molecule has 0 saturated carbocycles. The minimum atomic E-state index is -5.00. The highest BCUT2D eigenvalue weighted by Gasteiger charge is 2.32. The average molecular weight is 232 g/mol. The van der Waals surface area contributed by atoms with Crippen LogP contribution in [-0.4, -0.2) is 11.3 Å². The van der Waals surface area contributed by atoms with Crippen molar-refractivity contribution < 1.29 is 22.8 Å². The van der Waals surface area contributed by atoms with Crippen LogP contribution in [0.1, 0.15) is 5.56 Å². The van der Waals surface area contributed by atoms with Crippen LogP contribution in [0.25, 0.3) is 0 Å². The van der Waals surface area contributed by atoms with Gasteiger partial charge in [0.1, 0.15) is 6.07 Å². The molecule has 1 aromatic rings. The van der Waals surface area contributed by atoms with Gasteiger partial charge >= 0.3 is 6.36 Å². The molecule has 1 aromatic carbocycles. The third-order valence-corrected chi connectivity index (χ3v) is 1.52. The van der Waals surface area contributed by atoms with Gasteiger partial charge in [-0.15, -0.1) is 13.2 Å². The Morgan fingerprint density at radius 1 is 1.44 bits per heavy atom. The predicted octanol–water partition coefficient (Wildman–Crippen LogP) is 2.37. The van der Waals surface area contributed by atoms with Gasteiger partial charge in [-0.2, -0.15) is 5.26 Å². The molecule has 1 rings (SSSR count). The molecule has 0 atom stereocenters. The number of nitro benzene ring substituents is 1. The number of halogens is 3. The maximum absolute atomic E-state index is 11.9. The molecule has 0 aliphatic rings. The van der Waals surface area contributed by atoms with Crippen LogP contribution < -0.4 is 4.74 Å². The summed E-state index contributed by atoms with van der Waals surface area (Å²) >= 11 is 0. The fourth-order valence-corrected chi connectivity index (χ4v) is 0.926. The Morgan fingerprint density at radius 3 is 2.50 bits per heavy atom. The maximum atomic E-state index is 11.9. The monoisotopic (exact) mass is 232 g/mol. The van der Waals surface area contributed by atoms with Gasteiger partial charge in [-0.1, -0.05) is 0 Å². The molecule has 0 saturated heterocycles. The van der Waals surface area contributed by atoms with Crippen molar-refractivity contribution in [1.29, 1.82) is 5.26 Å². The van der Waals surface area contributed by atoms with Crippen molar-refractivity contribution in [2.75, 3.05) is 0 Å². The Hall–Kier alpha value is -2.30. The van der Waals surface area contributed by atoms with Crippen molar-refractivity contribution in [2.45, 2.75) is 6.36 Å². The first-order valence-corrected chi connectivity index (χ1v) is 3.78. The van der Waals surface area contributed by atoms with E-state index in [2.05, 4.69) is 4.74 Å². The molecule has 84 valence electrons. The van der Waals surface area contributed by atoms with Gasteiger partial charge in [0, 0.05) is 6.07 Å². The first kappa shape index (κ1) is 11.8. The molecule has 0 aliphatic heterocycles. The molecule has 0 amide bonds. The zero-order valence-corrected chi connectivity index (χ0v) is 7.49. The summed E-state index contributed by atoms with van der Waals surface area (Å²) in [6, 6.07) is 3.79. The highest BCUT2D eigenvalue weighted by atomic mass is 19.4. The molecular weight excluding hydrogens is 229 g/mol. The molecule has 16 heavy (non-hydrogen) atoms. The highest BCUT2D eigenvalue weighted by molar-refractivity contribution is 5.50. The fourth-order valence-electron chi connectivity index (χ4n) is 0.926. The Kier molecular flexibility index (Phi) is 2.99. The first-order valence-electron chi connectivity index (χ1n) is 3.78. The lowest BCUT2D eigenvalue weighted by Crippen LogP contribution is -2.17. The lowest BCUT2D eigenvalue weighted by Gasteiger charge is -2.09. The number of hydrogen-bond donors (Lipinski definition) is 0. The first-order chi connectivity index (χ1) is 7.33. The summed E-state index contributed by atoms with van der Waals surface area (Å²) in [6.45, 7) is 0. The molecule has 0 aromatic heterocycles. The number of ether oxygens (including phenoxy) is 1. The van der Waals surface area contributed by atoms with Gasteiger partial charge in [0.05, 0.1) is 16.6 Å². The van der Waals surface area contributed by atoms with Gasteiger partial charge in [-0.25, -0.2) is 0 Å². The van der Waals surface area contributed by atoms with E-state index in [1.54, 1.807) is 0 Å². The van der Waals surface area contributed by atoms with Crippen molar-refractivity contribution >= 4 is 5.69 Å². The number of rotatable bonds is 2. The molecule has 0 bridgehead atoms. The van der Waals surface area contributed by atoms with Gasteiger partial charge in [-0.3, -0.25) is 10.1 Å². The number of benzene rings is 1. The van der Waals surface area contributed by atoms with Crippen LogP contribution >= 0.6 is 0 Å². The van der Waals surface area contributed by atoms with Crippen LogP contribution in [-0.2, 0) is 0 Å². The second-order valence-electron chi connectivity index (χ2n) is 2.60. The predicted molar refractivity (Wildman–Crippen MR) is 44.5 cm³/mol. The smallest absolute Gasteiger partial charge is 0.404 e. The third kappa shape index (κ3) is 2.84. The summed E-state index contributed by atoms with van der Waals surface area (Å²) in [4.78, 5) is 9.42. The highest BCUT2D eigenvalue weighted by Crippen LogP contribution is 2.29. The second kappa shape index (κ2) is 4.06. The van der Waals surface area contributed by atoms with Crippen molar-refractivity contribution in [3.8, 4) is 11.8 Å². The molecule has 0 spiro atoms. The van der Waals surface area contributed by atoms with Crippen molar-refractivity contribution in [3.63, 3.8) is 0 Å². The van der Waals surface area contributed by atoms with E-state index >= 15 is 0 Å². The van der Waals surface area contributed by atoms with E-state index in [4.69, 9.17) is 5.26 Å². The average Bonchev–Trinajstić information content (AvgIpc) is 2.15. The van der Waals surface area contributed by atoms with Gasteiger partial charge in [0.2, 0.25) is 0 Å². The summed E-state index contributed by atoms with van der Waals surface area (Å²) in [7, 11) is 0. The largest absolute Gasteiger partial charge is 0.573 e. The quantitative estimate of drug-likeness (QED) is 0.579. The zero-order chi connectivity index (χ0) is 12.3. The number of non-ortho nitro benzene ring substituents is 1. The summed E-state index contributed by atoms with van der Waals surface area (Å²) in [6.07, 6.45) is -5.00. The van der Waals surface area contributed by atoms with Crippen molar-refractivity contribution in [3.05, 3.63) is 33.9 Å². The van der Waals surface area contributed by atoms with E-state index in [9.17, 15) is 23.3 Å². The maximum Gasteiger partial charge on any atom is 0.573 e. The summed E-state index contributed by atoms with van der Waals surface area (Å²) in [5.41, 5.74) is -1.01. The van der Waals surface area contributed by atoms with Crippen LogP contribution in [0.4, 0.5) is 18.9 Å². The molecule has 0 fully saturated rings. The van der Waals surface area contributed by atoms with Crippen LogP contribution in [0.15, 0.2) is 18.2 Å². The van der Waals surface area contributed by atoms with Crippen molar-refractivity contribution in [1.82, 2.24) is 0 Å². The Bertz CT molecular complexity index is 465. The topological polar surface area (TPSA) is 76.2 Å². The number of nitro groups is 1. The van der Waals surface area contributed by atoms with Gasteiger partial charge in [0.15, 0.2) is 5.75 Å². The van der Waals surface area contributed by atoms with E-state index in [0.717, 1.165) is 12.1 Å². The molecule has 5 nitrogen and oxygen atoms in total. The second-order valence-corrected chi connectivity index (χ2v) is 2.60. The summed E-state index contributed by atoms with van der Waals surface area (Å²) in [5.74, 6) is -0.885. The molecule has 0 unspecified atom stereocenters. The minimum absolute atomic E-state index is 0.428. The molecular formula is C8H3F3N2O3. The number of alkyl halides is 3. The van der Waals surface area contributed by atoms with E-state index in [0.29, 0.717) is 6.07 Å². The Labute approximate surface area is 86.8 Å². The van der Waals surface area contributed by atoms with Gasteiger partial charge in [-0.05, 0) is 6.07 Å². The standard InChI is InChI=1S/C8H3F3N2O3/c9-8(10,11)16-7-3-6(13(14)15)2-1-5(7)4-12/h1-3H. The normalized spacial score (nSPS) is 10.6. The summed E-state index contributed by atoms with van der Waals surface area (Å²) < 4.78 is 39.2. The van der Waals surface area contributed by atoms with Gasteiger partial charge in [0.25, 0.3) is 5.69 Å².